The topological polar surface area (TPSA) is 89.2 Å². The van der Waals surface area contributed by atoms with Gasteiger partial charge in [0.2, 0.25) is 9.47 Å². The van der Waals surface area contributed by atoms with E-state index < -0.39 is 10.0 Å². The van der Waals surface area contributed by atoms with Crippen molar-refractivity contribution < 1.29 is 8.42 Å². The van der Waals surface area contributed by atoms with Crippen LogP contribution in [0.3, 0.4) is 0 Å². The van der Waals surface area contributed by atoms with Gasteiger partial charge in [0.1, 0.15) is 0 Å². The van der Waals surface area contributed by atoms with E-state index in [-0.39, 0.29) is 9.47 Å². The Kier molecular flexibility index (Phi) is 3.72. The maximum absolute atomic E-state index is 12.5. The lowest BCUT2D eigenvalue weighted by molar-refractivity contribution is 0.102. The van der Waals surface area contributed by atoms with Crippen LogP contribution >= 0.6 is 11.3 Å². The molecule has 1 aromatic rings. The second-order valence-corrected chi connectivity index (χ2v) is 8.99. The van der Waals surface area contributed by atoms with Crippen molar-refractivity contribution in [3.63, 3.8) is 0 Å². The quantitative estimate of drug-likeness (QED) is 0.899. The Bertz CT molecular complexity index is 568. The van der Waals surface area contributed by atoms with Gasteiger partial charge in [-0.05, 0) is 31.1 Å². The minimum absolute atomic E-state index is 0.0228. The van der Waals surface area contributed by atoms with Crippen molar-refractivity contribution >= 4 is 26.5 Å². The van der Waals surface area contributed by atoms with Gasteiger partial charge >= 0.3 is 0 Å². The number of piperidine rings is 1. The van der Waals surface area contributed by atoms with Crippen molar-refractivity contribution in [2.24, 2.45) is 5.41 Å². The maximum Gasteiger partial charge on any atom is 0.272 e. The van der Waals surface area contributed by atoms with Crippen LogP contribution in [0.2, 0.25) is 0 Å². The molecule has 0 radical (unpaired) electrons. The predicted molar refractivity (Wildman–Crippen MR) is 77.8 cm³/mol. The van der Waals surface area contributed by atoms with Crippen LogP contribution in [0.1, 0.15) is 44.9 Å². The summed E-state index contributed by atoms with van der Waals surface area (Å²) in [5.41, 5.74) is 5.87. The standard InChI is InChI=1S/C12H20N4O2S2/c13-10-14-15-11(19-10)20(17,18)16-8-6-12(7-9-16)4-2-1-3-5-12/h1-9H2,(H2,13,14). The van der Waals surface area contributed by atoms with Crippen molar-refractivity contribution in [1.29, 1.82) is 0 Å². The first-order chi connectivity index (χ1) is 9.52. The van der Waals surface area contributed by atoms with Crippen molar-refractivity contribution in [3.8, 4) is 0 Å². The summed E-state index contributed by atoms with van der Waals surface area (Å²) in [4.78, 5) is 0. The number of hydrogen-bond acceptors (Lipinski definition) is 6. The van der Waals surface area contributed by atoms with Crippen LogP contribution in [0.25, 0.3) is 0 Å². The van der Waals surface area contributed by atoms with E-state index >= 15 is 0 Å². The van der Waals surface area contributed by atoms with Gasteiger partial charge in [0, 0.05) is 13.1 Å². The fraction of sp³-hybridized carbons (Fsp3) is 0.833. The minimum atomic E-state index is -3.50. The van der Waals surface area contributed by atoms with Crippen molar-refractivity contribution in [1.82, 2.24) is 14.5 Å². The Morgan fingerprint density at radius 1 is 1.05 bits per heavy atom. The Balaban J connectivity index is 1.71. The molecule has 2 heterocycles. The highest BCUT2D eigenvalue weighted by Gasteiger charge is 2.39. The molecule has 1 aliphatic carbocycles. The van der Waals surface area contributed by atoms with Gasteiger partial charge in [0.25, 0.3) is 10.0 Å². The highest BCUT2D eigenvalue weighted by molar-refractivity contribution is 7.91. The summed E-state index contributed by atoms with van der Waals surface area (Å²) < 4.78 is 26.5. The molecule has 0 bridgehead atoms. The van der Waals surface area contributed by atoms with Gasteiger partial charge in [0.05, 0.1) is 0 Å². The van der Waals surface area contributed by atoms with E-state index in [0.29, 0.717) is 18.5 Å². The highest BCUT2D eigenvalue weighted by Crippen LogP contribution is 2.45. The van der Waals surface area contributed by atoms with Crippen LogP contribution in [-0.2, 0) is 10.0 Å². The molecule has 0 unspecified atom stereocenters. The zero-order valence-electron chi connectivity index (χ0n) is 11.4. The number of sulfonamides is 1. The molecule has 1 spiro atoms. The summed E-state index contributed by atoms with van der Waals surface area (Å²) in [5.74, 6) is 0. The fourth-order valence-electron chi connectivity index (χ4n) is 3.44. The summed E-state index contributed by atoms with van der Waals surface area (Å²) in [6, 6.07) is 0. The van der Waals surface area contributed by atoms with Gasteiger partial charge in [-0.15, -0.1) is 10.2 Å². The molecule has 1 aliphatic heterocycles. The van der Waals surface area contributed by atoms with Crippen LogP contribution in [-0.4, -0.2) is 36.0 Å². The number of rotatable bonds is 2. The first-order valence-electron chi connectivity index (χ1n) is 7.11. The molecular weight excluding hydrogens is 296 g/mol. The van der Waals surface area contributed by atoms with Crippen molar-refractivity contribution in [3.05, 3.63) is 0 Å². The summed E-state index contributed by atoms with van der Waals surface area (Å²) >= 11 is 0.941. The lowest BCUT2D eigenvalue weighted by Gasteiger charge is -2.43. The van der Waals surface area contributed by atoms with E-state index in [1.165, 1.54) is 32.1 Å². The summed E-state index contributed by atoms with van der Waals surface area (Å²) in [7, 11) is -3.50. The largest absolute Gasteiger partial charge is 0.374 e. The Morgan fingerprint density at radius 2 is 1.70 bits per heavy atom. The normalized spacial score (nSPS) is 24.0. The third-order valence-electron chi connectivity index (χ3n) is 4.68. The number of nitrogen functional groups attached to an aromatic ring is 1. The summed E-state index contributed by atoms with van der Waals surface area (Å²) in [6.07, 6.45) is 8.37. The van der Waals surface area contributed by atoms with E-state index in [9.17, 15) is 8.42 Å². The Hall–Kier alpha value is -0.730. The fourth-order valence-corrected chi connectivity index (χ4v) is 5.80. The molecule has 1 aromatic heterocycles. The molecule has 6 nitrogen and oxygen atoms in total. The second kappa shape index (κ2) is 5.23. The van der Waals surface area contributed by atoms with E-state index in [0.717, 1.165) is 24.2 Å². The third-order valence-corrected chi connectivity index (χ3v) is 7.68. The number of nitrogens with two attached hydrogens (primary N) is 1. The second-order valence-electron chi connectivity index (χ2n) is 5.87. The van der Waals surface area contributed by atoms with Gasteiger partial charge in [-0.2, -0.15) is 4.31 Å². The number of aromatic nitrogens is 2. The zero-order chi connectivity index (χ0) is 14.2. The lowest BCUT2D eigenvalue weighted by atomic mass is 9.68. The molecule has 20 heavy (non-hydrogen) atoms. The Morgan fingerprint density at radius 3 is 2.25 bits per heavy atom. The maximum atomic E-state index is 12.5. The molecule has 0 atom stereocenters. The SMILES string of the molecule is Nc1nnc(S(=O)(=O)N2CCC3(CCCCC3)CC2)s1. The average Bonchev–Trinajstić information content (AvgIpc) is 2.88. The van der Waals surface area contributed by atoms with Crippen LogP contribution in [0, 0.1) is 5.41 Å². The van der Waals surface area contributed by atoms with Crippen molar-refractivity contribution in [2.75, 3.05) is 18.8 Å². The molecule has 2 fully saturated rings. The number of nitrogens with zero attached hydrogens (tertiary/aromatic N) is 3. The number of hydrogen-bond donors (Lipinski definition) is 1. The van der Waals surface area contributed by atoms with Gasteiger partial charge in [0.15, 0.2) is 0 Å². The van der Waals surface area contributed by atoms with E-state index in [4.69, 9.17) is 5.73 Å². The molecule has 1 saturated carbocycles. The molecule has 0 amide bonds. The first-order valence-corrected chi connectivity index (χ1v) is 9.37. The van der Waals surface area contributed by atoms with E-state index in [1.807, 2.05) is 0 Å². The average molecular weight is 316 g/mol. The highest BCUT2D eigenvalue weighted by atomic mass is 32.2. The molecule has 3 rings (SSSR count). The van der Waals surface area contributed by atoms with Crippen LogP contribution in [0.15, 0.2) is 4.34 Å². The van der Waals surface area contributed by atoms with Gasteiger partial charge < -0.3 is 5.73 Å². The lowest BCUT2D eigenvalue weighted by Crippen LogP contribution is -2.43. The monoisotopic (exact) mass is 316 g/mol. The molecule has 2 aliphatic rings. The van der Waals surface area contributed by atoms with Crippen LogP contribution in [0.4, 0.5) is 5.13 Å². The van der Waals surface area contributed by atoms with Crippen LogP contribution < -0.4 is 5.73 Å². The first kappa shape index (κ1) is 14.2. The molecule has 8 heteroatoms. The van der Waals surface area contributed by atoms with Gasteiger partial charge in [-0.1, -0.05) is 30.6 Å². The molecule has 0 aromatic carbocycles. The molecular formula is C12H20N4O2S2. The van der Waals surface area contributed by atoms with E-state index in [2.05, 4.69) is 10.2 Å². The minimum Gasteiger partial charge on any atom is -0.374 e. The van der Waals surface area contributed by atoms with Crippen LogP contribution in [0.5, 0.6) is 0 Å². The Labute approximate surface area is 123 Å². The van der Waals surface area contributed by atoms with Gasteiger partial charge in [-0.3, -0.25) is 0 Å². The van der Waals surface area contributed by atoms with Crippen molar-refractivity contribution in [2.45, 2.75) is 49.3 Å². The predicted octanol–water partition coefficient (Wildman–Crippen LogP) is 1.86. The summed E-state index contributed by atoms with van der Waals surface area (Å²) in [5, 5.41) is 7.48. The van der Waals surface area contributed by atoms with Gasteiger partial charge in [-0.25, -0.2) is 8.42 Å². The molecule has 2 N–H and O–H groups in total. The number of anilines is 1. The molecule has 112 valence electrons. The van der Waals surface area contributed by atoms with E-state index in [1.54, 1.807) is 4.31 Å². The summed E-state index contributed by atoms with van der Waals surface area (Å²) in [6.45, 7) is 1.20. The third kappa shape index (κ3) is 2.56. The zero-order valence-corrected chi connectivity index (χ0v) is 13.0. The molecule has 1 saturated heterocycles. The smallest absolute Gasteiger partial charge is 0.272 e.